The maximum Gasteiger partial charge on any atom is 0.318 e. The minimum absolute atomic E-state index is 0.0560. The summed E-state index contributed by atoms with van der Waals surface area (Å²) in [5.41, 5.74) is 0. The number of thioether (sulfide) groups is 1. The smallest absolute Gasteiger partial charge is 0.318 e. The van der Waals surface area contributed by atoms with Crippen LogP contribution in [0.5, 0.6) is 11.5 Å². The lowest BCUT2D eigenvalue weighted by Gasteiger charge is -2.11. The molecule has 9 nitrogen and oxygen atoms in total. The van der Waals surface area contributed by atoms with E-state index in [0.717, 1.165) is 17.5 Å². The highest BCUT2D eigenvalue weighted by Gasteiger charge is 2.25. The zero-order valence-corrected chi connectivity index (χ0v) is 19.5. The summed E-state index contributed by atoms with van der Waals surface area (Å²) in [6.45, 7) is 1.83. The largest absolute Gasteiger partial charge is 0.494 e. The fourth-order valence-corrected chi connectivity index (χ4v) is 3.24. The summed E-state index contributed by atoms with van der Waals surface area (Å²) in [7, 11) is 0. The summed E-state index contributed by atoms with van der Waals surface area (Å²) < 4.78 is 10.6. The van der Waals surface area contributed by atoms with Gasteiger partial charge in [0, 0.05) is 19.1 Å². The van der Waals surface area contributed by atoms with Crippen LogP contribution in [0.3, 0.4) is 0 Å². The number of aliphatic carboxylic acids is 3. The van der Waals surface area contributed by atoms with Crippen LogP contribution in [0, 0.1) is 11.8 Å². The molecule has 0 saturated heterocycles. The lowest BCUT2D eigenvalue weighted by Crippen LogP contribution is -2.25. The first-order chi connectivity index (χ1) is 16.2. The zero-order chi connectivity index (χ0) is 25.3. The molecule has 3 N–H and O–H groups in total. The van der Waals surface area contributed by atoms with Crippen molar-refractivity contribution in [1.29, 1.82) is 0 Å². The Bertz CT molecular complexity index is 889. The van der Waals surface area contributed by atoms with Gasteiger partial charge in [-0.3, -0.25) is 19.2 Å². The van der Waals surface area contributed by atoms with Crippen molar-refractivity contribution in [2.24, 2.45) is 11.8 Å². The molecular formula is C24H28O9S. The lowest BCUT2D eigenvalue weighted by molar-refractivity contribution is -0.155. The molecule has 0 heterocycles. The van der Waals surface area contributed by atoms with E-state index < -0.39 is 29.7 Å². The van der Waals surface area contributed by atoms with Gasteiger partial charge in [0.1, 0.15) is 11.5 Å². The number of carbonyl (C=O) groups excluding carboxylic acids is 1. The van der Waals surface area contributed by atoms with Crippen LogP contribution < -0.4 is 9.47 Å². The first-order valence-electron chi connectivity index (χ1n) is 10.4. The second kappa shape index (κ2) is 16.1. The maximum atomic E-state index is 11.0. The molecule has 0 aromatic heterocycles. The van der Waals surface area contributed by atoms with Crippen LogP contribution in [-0.2, 0) is 19.2 Å². The second-order valence-corrected chi connectivity index (χ2v) is 8.16. The minimum atomic E-state index is -1.41. The topological polar surface area (TPSA) is 147 Å². The molecule has 2 aromatic carbocycles. The van der Waals surface area contributed by atoms with Crippen molar-refractivity contribution >= 4 is 34.8 Å². The van der Waals surface area contributed by atoms with Crippen molar-refractivity contribution in [3.8, 4) is 11.5 Å². The maximum absolute atomic E-state index is 11.0. The third-order valence-electron chi connectivity index (χ3n) is 4.33. The first-order valence-corrected chi connectivity index (χ1v) is 11.4. The Balaban J connectivity index is 0.000000342. The van der Waals surface area contributed by atoms with Gasteiger partial charge in [-0.05, 0) is 30.7 Å². The predicted molar refractivity (Wildman–Crippen MR) is 126 cm³/mol. The first kappa shape index (κ1) is 28.5. The molecule has 34 heavy (non-hydrogen) atoms. The Hall–Kier alpha value is -3.53. The normalized spacial score (nSPS) is 11.0. The average molecular weight is 493 g/mol. The van der Waals surface area contributed by atoms with Gasteiger partial charge < -0.3 is 24.8 Å². The van der Waals surface area contributed by atoms with E-state index in [1.54, 1.807) is 24.3 Å². The van der Waals surface area contributed by atoms with Gasteiger partial charge in [-0.25, -0.2) is 0 Å². The third kappa shape index (κ3) is 12.5. The summed E-state index contributed by atoms with van der Waals surface area (Å²) in [6, 6.07) is 18.1. The van der Waals surface area contributed by atoms with Gasteiger partial charge in [-0.15, -0.1) is 0 Å². The van der Waals surface area contributed by atoms with E-state index in [1.807, 2.05) is 36.4 Å². The molecule has 0 aliphatic carbocycles. The second-order valence-electron chi connectivity index (χ2n) is 6.97. The van der Waals surface area contributed by atoms with E-state index in [9.17, 15) is 19.2 Å². The molecule has 10 heteroatoms. The molecule has 0 radical (unpaired) electrons. The Morgan fingerprint density at radius 3 is 1.56 bits per heavy atom. The van der Waals surface area contributed by atoms with Gasteiger partial charge in [0.05, 0.1) is 19.1 Å². The zero-order valence-electron chi connectivity index (χ0n) is 18.7. The molecule has 0 aliphatic rings. The molecule has 0 amide bonds. The van der Waals surface area contributed by atoms with E-state index in [2.05, 4.69) is 0 Å². The molecule has 0 saturated carbocycles. The lowest BCUT2D eigenvalue weighted by atomic mass is 10.1. The predicted octanol–water partition coefficient (Wildman–Crippen LogP) is 3.68. The average Bonchev–Trinajstić information content (AvgIpc) is 2.80. The van der Waals surface area contributed by atoms with Crippen molar-refractivity contribution in [2.75, 3.05) is 19.0 Å². The summed E-state index contributed by atoms with van der Waals surface area (Å²) >= 11 is 1.04. The minimum Gasteiger partial charge on any atom is -0.494 e. The molecule has 1 unspecified atom stereocenters. The SMILES string of the molecule is CC(=O)SCC(CCOc1ccccc1)C(=O)O.O=C(O)C(CCOc1ccccc1)C(=O)O. The van der Waals surface area contributed by atoms with E-state index >= 15 is 0 Å². The van der Waals surface area contributed by atoms with Crippen LogP contribution in [0.1, 0.15) is 19.8 Å². The highest BCUT2D eigenvalue weighted by molar-refractivity contribution is 8.13. The van der Waals surface area contributed by atoms with E-state index in [1.165, 1.54) is 6.92 Å². The van der Waals surface area contributed by atoms with E-state index in [4.69, 9.17) is 24.8 Å². The van der Waals surface area contributed by atoms with Gasteiger partial charge in [0.25, 0.3) is 0 Å². The monoisotopic (exact) mass is 492 g/mol. The Kier molecular flexibility index (Phi) is 13.5. The summed E-state index contributed by atoms with van der Waals surface area (Å²) in [5.74, 6) is -3.93. The Labute approximate surface area is 201 Å². The molecule has 184 valence electrons. The highest BCUT2D eigenvalue weighted by Crippen LogP contribution is 2.15. The van der Waals surface area contributed by atoms with Gasteiger partial charge in [-0.2, -0.15) is 0 Å². The van der Waals surface area contributed by atoms with Gasteiger partial charge in [0.2, 0.25) is 0 Å². The van der Waals surface area contributed by atoms with Crippen molar-refractivity contribution in [3.63, 3.8) is 0 Å². The highest BCUT2D eigenvalue weighted by atomic mass is 32.2. The number of para-hydroxylation sites is 2. The number of hydrogen-bond donors (Lipinski definition) is 3. The molecule has 2 rings (SSSR count). The van der Waals surface area contributed by atoms with Gasteiger partial charge in [-0.1, -0.05) is 48.2 Å². The number of carbonyl (C=O) groups is 4. The standard InChI is InChI=1S/C13H16O4S.C11H12O5/c1-10(14)18-9-11(13(15)16)7-8-17-12-5-3-2-4-6-12;12-10(13)9(11(14)15)6-7-16-8-4-2-1-3-5-8/h2-6,11H,7-9H2,1H3,(H,15,16);1-5,9H,6-7H2,(H,12,13)(H,14,15). The number of hydrogen-bond acceptors (Lipinski definition) is 7. The van der Waals surface area contributed by atoms with E-state index in [-0.39, 0.29) is 18.1 Å². The van der Waals surface area contributed by atoms with Crippen LogP contribution in [0.2, 0.25) is 0 Å². The van der Waals surface area contributed by atoms with Crippen molar-refractivity contribution in [1.82, 2.24) is 0 Å². The summed E-state index contributed by atoms with van der Waals surface area (Å²) in [5, 5.41) is 26.1. The molecule has 0 bridgehead atoms. The van der Waals surface area contributed by atoms with Crippen LogP contribution in [-0.4, -0.2) is 57.3 Å². The Morgan fingerprint density at radius 1 is 0.735 bits per heavy atom. The summed E-state index contributed by atoms with van der Waals surface area (Å²) in [6.07, 6.45) is 0.337. The number of ether oxygens (including phenoxy) is 2. The van der Waals surface area contributed by atoms with Gasteiger partial charge >= 0.3 is 17.9 Å². The third-order valence-corrected chi connectivity index (χ3v) is 5.31. The van der Waals surface area contributed by atoms with Crippen LogP contribution in [0.15, 0.2) is 60.7 Å². The van der Waals surface area contributed by atoms with Crippen LogP contribution >= 0.6 is 11.8 Å². The fraction of sp³-hybridized carbons (Fsp3) is 0.333. The van der Waals surface area contributed by atoms with Crippen LogP contribution in [0.4, 0.5) is 0 Å². The van der Waals surface area contributed by atoms with Crippen LogP contribution in [0.25, 0.3) is 0 Å². The Morgan fingerprint density at radius 2 is 1.18 bits per heavy atom. The molecule has 1 atom stereocenters. The number of benzene rings is 2. The molecule has 0 fully saturated rings. The molecule has 0 aliphatic heterocycles. The van der Waals surface area contributed by atoms with Gasteiger partial charge in [0.15, 0.2) is 11.0 Å². The van der Waals surface area contributed by atoms with Crippen molar-refractivity contribution in [2.45, 2.75) is 19.8 Å². The van der Waals surface area contributed by atoms with E-state index in [0.29, 0.717) is 24.5 Å². The number of carboxylic acid groups (broad SMARTS) is 3. The summed E-state index contributed by atoms with van der Waals surface area (Å²) in [4.78, 5) is 42.9. The van der Waals surface area contributed by atoms with Crippen molar-refractivity contribution in [3.05, 3.63) is 60.7 Å². The number of rotatable bonds is 13. The fourth-order valence-electron chi connectivity index (χ4n) is 2.50. The molecule has 2 aromatic rings. The molecular weight excluding hydrogens is 464 g/mol. The quantitative estimate of drug-likeness (QED) is 0.354. The molecule has 0 spiro atoms. The van der Waals surface area contributed by atoms with Crippen molar-refractivity contribution < 1.29 is 44.0 Å². The number of carboxylic acids is 3.